The molecule has 10 heteroatoms. The molecular formula is C18H17N9S. The van der Waals surface area contributed by atoms with E-state index in [1.54, 1.807) is 12.4 Å². The maximum absolute atomic E-state index is 8.94. The minimum absolute atomic E-state index is 0.160. The van der Waals surface area contributed by atoms with Crippen LogP contribution in [0, 0.1) is 16.9 Å². The third-order valence-electron chi connectivity index (χ3n) is 3.49. The smallest absolute Gasteiger partial charge is 0.212 e. The van der Waals surface area contributed by atoms with Crippen molar-refractivity contribution >= 4 is 34.1 Å². The van der Waals surface area contributed by atoms with E-state index >= 15 is 0 Å². The average Bonchev–Trinajstić information content (AvgIpc) is 3.15. The lowest BCUT2D eigenvalue weighted by Gasteiger charge is -2.11. The molecule has 0 aliphatic heterocycles. The van der Waals surface area contributed by atoms with Crippen LogP contribution in [0.25, 0.3) is 11.3 Å². The van der Waals surface area contributed by atoms with Crippen LogP contribution in [-0.2, 0) is 6.54 Å². The van der Waals surface area contributed by atoms with Crippen molar-refractivity contribution in [3.8, 4) is 17.5 Å². The van der Waals surface area contributed by atoms with Crippen LogP contribution in [-0.4, -0.2) is 21.9 Å². The van der Waals surface area contributed by atoms with E-state index in [1.165, 1.54) is 11.3 Å². The van der Waals surface area contributed by atoms with E-state index in [0.717, 1.165) is 22.6 Å². The summed E-state index contributed by atoms with van der Waals surface area (Å²) in [5.41, 5.74) is 8.52. The van der Waals surface area contributed by atoms with Crippen molar-refractivity contribution in [1.82, 2.24) is 15.3 Å². The first kappa shape index (κ1) is 18.8. The van der Waals surface area contributed by atoms with Crippen molar-refractivity contribution in [3.05, 3.63) is 59.7 Å². The van der Waals surface area contributed by atoms with Crippen molar-refractivity contribution in [2.45, 2.75) is 6.54 Å². The van der Waals surface area contributed by atoms with E-state index in [1.807, 2.05) is 47.8 Å². The Labute approximate surface area is 165 Å². The Morgan fingerprint density at radius 3 is 2.89 bits per heavy atom. The number of nitriles is 1. The molecule has 2 heterocycles. The Kier molecular flexibility index (Phi) is 6.12. The Morgan fingerprint density at radius 2 is 2.14 bits per heavy atom. The number of hydrogen-bond donors (Lipinski definition) is 5. The fourth-order valence-electron chi connectivity index (χ4n) is 2.31. The predicted octanol–water partition coefficient (Wildman–Crippen LogP) is 2.55. The molecule has 9 nitrogen and oxygen atoms in total. The number of nitrogens with zero attached hydrogens (tertiary/aromatic N) is 4. The molecule has 28 heavy (non-hydrogen) atoms. The van der Waals surface area contributed by atoms with Crippen LogP contribution in [0.2, 0.25) is 0 Å². The highest BCUT2D eigenvalue weighted by atomic mass is 32.1. The summed E-state index contributed by atoms with van der Waals surface area (Å²) in [6.45, 7) is 0.431. The number of nitrogens with two attached hydrogens (primary N) is 1. The monoisotopic (exact) mass is 391 g/mol. The highest BCUT2D eigenvalue weighted by Crippen LogP contribution is 2.26. The molecule has 6 N–H and O–H groups in total. The van der Waals surface area contributed by atoms with Gasteiger partial charge in [-0.1, -0.05) is 18.2 Å². The number of benzene rings is 1. The van der Waals surface area contributed by atoms with Gasteiger partial charge in [0.25, 0.3) is 0 Å². The van der Waals surface area contributed by atoms with Gasteiger partial charge in [-0.25, -0.2) is 4.98 Å². The molecule has 1 aromatic carbocycles. The lowest BCUT2D eigenvalue weighted by Crippen LogP contribution is -2.30. The Bertz CT molecular complexity index is 1020. The van der Waals surface area contributed by atoms with Crippen LogP contribution >= 0.6 is 11.3 Å². The zero-order valence-corrected chi connectivity index (χ0v) is 15.5. The zero-order valence-electron chi connectivity index (χ0n) is 14.7. The number of pyridine rings is 1. The van der Waals surface area contributed by atoms with E-state index in [2.05, 4.69) is 30.9 Å². The van der Waals surface area contributed by atoms with Crippen molar-refractivity contribution < 1.29 is 0 Å². The molecule has 0 spiro atoms. The van der Waals surface area contributed by atoms with Gasteiger partial charge in [0.05, 0.1) is 17.9 Å². The van der Waals surface area contributed by atoms with Crippen molar-refractivity contribution in [2.24, 2.45) is 10.7 Å². The minimum atomic E-state index is -0.160. The number of thiazole rings is 1. The number of anilines is 2. The number of aromatic nitrogens is 2. The molecule has 0 atom stereocenters. The second kappa shape index (κ2) is 9.11. The molecule has 0 radical (unpaired) electrons. The molecule has 3 aromatic rings. The first-order valence-electron chi connectivity index (χ1n) is 8.18. The quantitative estimate of drug-likeness (QED) is 0.255. The van der Waals surface area contributed by atoms with Crippen LogP contribution in [0.1, 0.15) is 5.69 Å². The number of rotatable bonds is 5. The molecule has 0 fully saturated rings. The fraction of sp³-hybridized carbons (Fsp3) is 0.0556. The summed E-state index contributed by atoms with van der Waals surface area (Å²) in [6.07, 6.45) is 3.49. The maximum atomic E-state index is 8.94. The Balaban J connectivity index is 1.71. The summed E-state index contributed by atoms with van der Waals surface area (Å²) in [6, 6.07) is 13.2. The zero-order chi connectivity index (χ0) is 19.8. The maximum Gasteiger partial charge on any atom is 0.212 e. The van der Waals surface area contributed by atoms with Crippen molar-refractivity contribution in [2.75, 3.05) is 10.6 Å². The Hall–Kier alpha value is -3.97. The highest BCUT2D eigenvalue weighted by Gasteiger charge is 2.07. The summed E-state index contributed by atoms with van der Waals surface area (Å²) in [7, 11) is 0. The van der Waals surface area contributed by atoms with E-state index in [0.29, 0.717) is 17.6 Å². The lowest BCUT2D eigenvalue weighted by atomic mass is 10.1. The van der Waals surface area contributed by atoms with Gasteiger partial charge in [-0.15, -0.1) is 16.3 Å². The molecule has 2 aromatic heterocycles. The van der Waals surface area contributed by atoms with E-state index in [4.69, 9.17) is 16.4 Å². The highest BCUT2D eigenvalue weighted by molar-refractivity contribution is 7.14. The number of nitrogens with one attached hydrogen (secondary N) is 4. The van der Waals surface area contributed by atoms with Gasteiger partial charge in [0.2, 0.25) is 12.2 Å². The molecular weight excluding hydrogens is 374 g/mol. The van der Waals surface area contributed by atoms with Gasteiger partial charge in [-0.05, 0) is 24.3 Å². The third-order valence-corrected chi connectivity index (χ3v) is 4.25. The largest absolute Gasteiger partial charge is 0.370 e. The molecule has 140 valence electrons. The molecule has 0 saturated carbocycles. The van der Waals surface area contributed by atoms with Gasteiger partial charge in [-0.2, -0.15) is 5.26 Å². The van der Waals surface area contributed by atoms with Gasteiger partial charge in [-0.3, -0.25) is 10.4 Å². The lowest BCUT2D eigenvalue weighted by molar-refractivity contribution is 0.871. The van der Waals surface area contributed by atoms with Gasteiger partial charge in [0.1, 0.15) is 0 Å². The second-order valence-electron chi connectivity index (χ2n) is 5.52. The average molecular weight is 391 g/mol. The van der Waals surface area contributed by atoms with Crippen molar-refractivity contribution in [1.29, 1.82) is 10.7 Å². The van der Waals surface area contributed by atoms with Crippen LogP contribution in [0.15, 0.2) is 59.0 Å². The molecule has 0 saturated heterocycles. The second-order valence-corrected chi connectivity index (χ2v) is 6.38. The summed E-state index contributed by atoms with van der Waals surface area (Å²) in [4.78, 5) is 12.4. The van der Waals surface area contributed by atoms with Gasteiger partial charge in [0, 0.05) is 22.8 Å². The minimum Gasteiger partial charge on any atom is -0.370 e. The van der Waals surface area contributed by atoms with Gasteiger partial charge < -0.3 is 21.7 Å². The standard InChI is InChI=1S/C18H17N9S/c19-11-24-17(23-9-14-5-1-2-7-22-14)25-13-6-3-4-12(8-13)15-10-28-18(26-15)27-16(20)21/h1-8,10H,9H2,(H2,23,24,25)(H4,20,21,26,27). The Morgan fingerprint density at radius 1 is 1.25 bits per heavy atom. The van der Waals surface area contributed by atoms with Gasteiger partial charge >= 0.3 is 0 Å². The number of guanidine groups is 2. The van der Waals surface area contributed by atoms with Crippen LogP contribution in [0.4, 0.5) is 10.8 Å². The normalized spacial score (nSPS) is 10.8. The number of hydrogen-bond acceptors (Lipinski definition) is 6. The first-order valence-corrected chi connectivity index (χ1v) is 9.06. The number of aliphatic imine (C=N–C) groups is 1. The first-order chi connectivity index (χ1) is 13.6. The summed E-state index contributed by atoms with van der Waals surface area (Å²) < 4.78 is 0. The van der Waals surface area contributed by atoms with E-state index < -0.39 is 0 Å². The van der Waals surface area contributed by atoms with E-state index in [-0.39, 0.29) is 5.96 Å². The predicted molar refractivity (Wildman–Crippen MR) is 111 cm³/mol. The van der Waals surface area contributed by atoms with Gasteiger partial charge in [0.15, 0.2) is 11.1 Å². The summed E-state index contributed by atoms with van der Waals surface area (Å²) in [5, 5.41) is 27.5. The third kappa shape index (κ3) is 5.26. The molecule has 0 aliphatic rings. The topological polar surface area (TPSA) is 148 Å². The molecule has 0 amide bonds. The SMILES string of the molecule is N#C/N=C(/NCc1ccccn1)Nc1cccc(-c2csc(NC(=N)N)n2)c1. The van der Waals surface area contributed by atoms with Crippen LogP contribution in [0.3, 0.4) is 0 Å². The summed E-state index contributed by atoms with van der Waals surface area (Å²) >= 11 is 1.36. The fourth-order valence-corrected chi connectivity index (χ4v) is 3.04. The van der Waals surface area contributed by atoms with Crippen LogP contribution in [0.5, 0.6) is 0 Å². The van der Waals surface area contributed by atoms with Crippen molar-refractivity contribution in [3.63, 3.8) is 0 Å². The molecule has 0 bridgehead atoms. The molecule has 0 unspecified atom stereocenters. The summed E-state index contributed by atoms with van der Waals surface area (Å²) in [5.74, 6) is 0.162. The molecule has 3 rings (SSSR count). The van der Waals surface area contributed by atoms with E-state index in [9.17, 15) is 0 Å². The molecule has 0 aliphatic carbocycles. The van der Waals surface area contributed by atoms with Crippen LogP contribution < -0.4 is 21.7 Å².